The summed E-state index contributed by atoms with van der Waals surface area (Å²) in [7, 11) is -2.63. The molecule has 0 saturated carbocycles. The van der Waals surface area contributed by atoms with Crippen LogP contribution >= 0.6 is 0 Å². The quantitative estimate of drug-likeness (QED) is 0.590. The molecule has 1 amide bonds. The van der Waals surface area contributed by atoms with E-state index in [-0.39, 0.29) is 41.5 Å². The van der Waals surface area contributed by atoms with Crippen molar-refractivity contribution < 1.29 is 27.5 Å². The first-order valence-corrected chi connectivity index (χ1v) is 12.4. The van der Waals surface area contributed by atoms with Crippen LogP contribution in [-0.4, -0.2) is 75.5 Å². The summed E-state index contributed by atoms with van der Waals surface area (Å²) in [6, 6.07) is 6.06. The Hall–Kier alpha value is -1.97. The van der Waals surface area contributed by atoms with Crippen LogP contribution in [0.3, 0.4) is 0 Å². The molecule has 1 aromatic rings. The molecule has 9 heteroatoms. The molecule has 0 aliphatic carbocycles. The van der Waals surface area contributed by atoms with E-state index in [4.69, 9.17) is 9.47 Å². The number of hydrogen-bond donors (Lipinski definition) is 0. The zero-order valence-electron chi connectivity index (χ0n) is 18.3. The largest absolute Gasteiger partial charge is 0.465 e. The summed E-state index contributed by atoms with van der Waals surface area (Å²) in [6.07, 6.45) is 3.88. The van der Waals surface area contributed by atoms with Gasteiger partial charge in [-0.2, -0.15) is 4.31 Å². The number of nitrogens with zero attached hydrogens (tertiary/aromatic N) is 2. The fourth-order valence-corrected chi connectivity index (χ4v) is 5.92. The lowest BCUT2D eigenvalue weighted by atomic mass is 9.95. The van der Waals surface area contributed by atoms with Crippen LogP contribution in [0.25, 0.3) is 0 Å². The van der Waals surface area contributed by atoms with Gasteiger partial charge in [0.15, 0.2) is 0 Å². The zero-order valence-corrected chi connectivity index (χ0v) is 19.1. The van der Waals surface area contributed by atoms with Gasteiger partial charge in [-0.25, -0.2) is 13.2 Å². The maximum Gasteiger partial charge on any atom is 0.339 e. The van der Waals surface area contributed by atoms with Gasteiger partial charge in [0.2, 0.25) is 15.9 Å². The highest BCUT2D eigenvalue weighted by Gasteiger charge is 2.36. The van der Waals surface area contributed by atoms with Gasteiger partial charge in [0.25, 0.3) is 0 Å². The molecule has 2 heterocycles. The maximum absolute atomic E-state index is 13.2. The monoisotopic (exact) mass is 452 g/mol. The van der Waals surface area contributed by atoms with Gasteiger partial charge < -0.3 is 14.4 Å². The third-order valence-corrected chi connectivity index (χ3v) is 7.92. The van der Waals surface area contributed by atoms with Crippen LogP contribution in [0, 0.1) is 5.92 Å². The highest BCUT2D eigenvalue weighted by atomic mass is 32.2. The van der Waals surface area contributed by atoms with Crippen LogP contribution in [0.15, 0.2) is 29.2 Å². The summed E-state index contributed by atoms with van der Waals surface area (Å²) >= 11 is 0. The number of benzene rings is 1. The van der Waals surface area contributed by atoms with Crippen molar-refractivity contribution >= 4 is 21.9 Å². The van der Waals surface area contributed by atoms with Gasteiger partial charge in [-0.05, 0) is 44.2 Å². The van der Waals surface area contributed by atoms with Gasteiger partial charge in [-0.15, -0.1) is 0 Å². The molecule has 0 bridgehead atoms. The molecular weight excluding hydrogens is 420 g/mol. The molecule has 1 atom stereocenters. The molecule has 1 unspecified atom stereocenters. The molecule has 0 spiro atoms. The van der Waals surface area contributed by atoms with Gasteiger partial charge in [0.1, 0.15) is 0 Å². The Kier molecular flexibility index (Phi) is 8.07. The van der Waals surface area contributed by atoms with Crippen molar-refractivity contribution in [2.24, 2.45) is 5.92 Å². The number of carbonyl (C=O) groups is 2. The molecule has 3 rings (SSSR count). The third kappa shape index (κ3) is 5.45. The first-order chi connectivity index (χ1) is 14.9. The van der Waals surface area contributed by atoms with Crippen molar-refractivity contribution in [2.45, 2.75) is 50.0 Å². The number of likely N-dealkylation sites (tertiary alicyclic amines) is 1. The van der Waals surface area contributed by atoms with Crippen LogP contribution in [0.2, 0.25) is 0 Å². The van der Waals surface area contributed by atoms with Gasteiger partial charge in [0.05, 0.1) is 23.7 Å². The van der Waals surface area contributed by atoms with Gasteiger partial charge >= 0.3 is 5.97 Å². The first kappa shape index (κ1) is 23.7. The van der Waals surface area contributed by atoms with Crippen LogP contribution in [0.1, 0.15) is 49.4 Å². The third-order valence-electron chi connectivity index (χ3n) is 5.96. The Balaban J connectivity index is 1.63. The van der Waals surface area contributed by atoms with Gasteiger partial charge in [-0.1, -0.05) is 19.1 Å². The van der Waals surface area contributed by atoms with Crippen LogP contribution in [0.5, 0.6) is 0 Å². The summed E-state index contributed by atoms with van der Waals surface area (Å²) in [5.41, 5.74) is 0.0228. The van der Waals surface area contributed by atoms with E-state index < -0.39 is 16.0 Å². The van der Waals surface area contributed by atoms with Crippen LogP contribution < -0.4 is 0 Å². The number of ether oxygens (including phenoxy) is 2. The molecule has 172 valence electrons. The SMILES string of the molecule is CCCOC1CCCN(C(=O)C2CCN(S(=O)(=O)c3ccccc3C(=O)OC)CC2)C1. The van der Waals surface area contributed by atoms with Crippen LogP contribution in [-0.2, 0) is 24.3 Å². The molecule has 8 nitrogen and oxygen atoms in total. The molecule has 2 aliphatic heterocycles. The van der Waals surface area contributed by atoms with Crippen molar-refractivity contribution in [1.82, 2.24) is 9.21 Å². The minimum absolute atomic E-state index is 0.0228. The molecular formula is C22H32N2O6S. The average molecular weight is 453 g/mol. The predicted molar refractivity (Wildman–Crippen MR) is 115 cm³/mol. The number of methoxy groups -OCH3 is 1. The Morgan fingerprint density at radius 3 is 2.48 bits per heavy atom. The van der Waals surface area contributed by atoms with E-state index in [0.29, 0.717) is 26.0 Å². The first-order valence-electron chi connectivity index (χ1n) is 11.0. The number of esters is 1. The fourth-order valence-electron chi connectivity index (χ4n) is 4.27. The second kappa shape index (κ2) is 10.6. The molecule has 0 N–H and O–H groups in total. The van der Waals surface area contributed by atoms with Crippen molar-refractivity contribution in [3.63, 3.8) is 0 Å². The average Bonchev–Trinajstić information content (AvgIpc) is 2.82. The van der Waals surface area contributed by atoms with E-state index in [0.717, 1.165) is 25.8 Å². The predicted octanol–water partition coefficient (Wildman–Crippen LogP) is 2.29. The lowest BCUT2D eigenvalue weighted by Crippen LogP contribution is -2.48. The summed E-state index contributed by atoms with van der Waals surface area (Å²) in [5.74, 6) is -0.779. The molecule has 2 fully saturated rings. The number of sulfonamides is 1. The number of amides is 1. The fraction of sp³-hybridized carbons (Fsp3) is 0.636. The topological polar surface area (TPSA) is 93.2 Å². The maximum atomic E-state index is 13.2. The van der Waals surface area contributed by atoms with E-state index in [1.54, 1.807) is 12.1 Å². The smallest absolute Gasteiger partial charge is 0.339 e. The van der Waals surface area contributed by atoms with Crippen molar-refractivity contribution in [3.05, 3.63) is 29.8 Å². The van der Waals surface area contributed by atoms with E-state index >= 15 is 0 Å². The normalized spacial score (nSPS) is 21.1. The second-order valence-corrected chi connectivity index (χ2v) is 9.99. The van der Waals surface area contributed by atoms with E-state index in [1.807, 2.05) is 4.90 Å². The minimum Gasteiger partial charge on any atom is -0.465 e. The summed E-state index contributed by atoms with van der Waals surface area (Å²) in [5, 5.41) is 0. The highest BCUT2D eigenvalue weighted by molar-refractivity contribution is 7.89. The Morgan fingerprint density at radius 1 is 1.10 bits per heavy atom. The molecule has 31 heavy (non-hydrogen) atoms. The van der Waals surface area contributed by atoms with Crippen molar-refractivity contribution in [2.75, 3.05) is 39.9 Å². The number of piperidine rings is 2. The standard InChI is InChI=1S/C22H32N2O6S/c1-3-15-30-18-7-6-12-23(16-18)21(25)17-10-13-24(14-11-17)31(27,28)20-9-5-4-8-19(20)22(26)29-2/h4-5,8-9,17-18H,3,6-7,10-16H2,1-2H3. The number of hydrogen-bond acceptors (Lipinski definition) is 6. The van der Waals surface area contributed by atoms with E-state index in [9.17, 15) is 18.0 Å². The highest BCUT2D eigenvalue weighted by Crippen LogP contribution is 2.28. The van der Waals surface area contributed by atoms with E-state index in [1.165, 1.54) is 23.5 Å². The van der Waals surface area contributed by atoms with E-state index in [2.05, 4.69) is 6.92 Å². The summed E-state index contributed by atoms with van der Waals surface area (Å²) < 4.78 is 38.2. The molecule has 2 saturated heterocycles. The molecule has 0 aromatic heterocycles. The lowest BCUT2D eigenvalue weighted by Gasteiger charge is -2.37. The van der Waals surface area contributed by atoms with Crippen molar-refractivity contribution in [3.8, 4) is 0 Å². The van der Waals surface area contributed by atoms with Crippen molar-refractivity contribution in [1.29, 1.82) is 0 Å². The zero-order chi connectivity index (χ0) is 22.4. The Labute approximate surface area is 184 Å². The summed E-state index contributed by atoms with van der Waals surface area (Å²) in [4.78, 5) is 26.9. The second-order valence-electron chi connectivity index (χ2n) is 8.09. The number of rotatable bonds is 7. The van der Waals surface area contributed by atoms with Gasteiger partial charge in [-0.3, -0.25) is 4.79 Å². The molecule has 0 radical (unpaired) electrons. The molecule has 1 aromatic carbocycles. The minimum atomic E-state index is -3.85. The van der Waals surface area contributed by atoms with Crippen LogP contribution in [0.4, 0.5) is 0 Å². The lowest BCUT2D eigenvalue weighted by molar-refractivity contribution is -0.140. The Morgan fingerprint density at radius 2 is 1.81 bits per heavy atom. The van der Waals surface area contributed by atoms with Gasteiger partial charge in [0, 0.05) is 38.7 Å². The number of carbonyl (C=O) groups excluding carboxylic acids is 2. The summed E-state index contributed by atoms with van der Waals surface area (Å²) in [6.45, 7) is 4.61. The Bertz CT molecular complexity index is 880. The molecule has 2 aliphatic rings.